The van der Waals surface area contributed by atoms with Crippen molar-refractivity contribution in [1.82, 2.24) is 5.32 Å². The van der Waals surface area contributed by atoms with Crippen molar-refractivity contribution in [2.24, 2.45) is 5.73 Å². The maximum atomic E-state index is 5.86. The van der Waals surface area contributed by atoms with Crippen LogP contribution in [0.2, 0.25) is 0 Å². The van der Waals surface area contributed by atoms with Gasteiger partial charge in [0.25, 0.3) is 0 Å². The molecule has 3 N–H and O–H groups in total. The van der Waals surface area contributed by atoms with Crippen LogP contribution < -0.4 is 11.1 Å². The Bertz CT molecular complexity index is 350. The summed E-state index contributed by atoms with van der Waals surface area (Å²) in [5, 5.41) is 2.94. The Morgan fingerprint density at radius 3 is 2.29 bits per heavy atom. The van der Waals surface area contributed by atoms with E-state index in [1.807, 2.05) is 37.3 Å². The molecular formula is C12H16N2. The minimum absolute atomic E-state index is 0.656. The predicted octanol–water partition coefficient (Wildman–Crippen LogP) is 2.11. The Kier molecular flexibility index (Phi) is 3.35. The second kappa shape index (κ2) is 4.51. The number of benzene rings is 1. The quantitative estimate of drug-likeness (QED) is 0.713. The van der Waals surface area contributed by atoms with Crippen molar-refractivity contribution < 1.29 is 0 Å². The maximum Gasteiger partial charge on any atom is 0.104 e. The lowest BCUT2D eigenvalue weighted by molar-refractivity contribution is 0.968. The number of rotatable bonds is 3. The number of hydrogen-bond acceptors (Lipinski definition) is 2. The Morgan fingerprint density at radius 1 is 1.29 bits per heavy atom. The first-order valence-electron chi connectivity index (χ1n) is 4.55. The van der Waals surface area contributed by atoms with Crippen LogP contribution in [0.3, 0.4) is 0 Å². The molecule has 0 saturated carbocycles. The Morgan fingerprint density at radius 2 is 1.86 bits per heavy atom. The normalized spacial score (nSPS) is 11.9. The van der Waals surface area contributed by atoms with Crippen molar-refractivity contribution >= 4 is 5.57 Å². The summed E-state index contributed by atoms with van der Waals surface area (Å²) in [5.74, 6) is 0.656. The van der Waals surface area contributed by atoms with E-state index in [0.29, 0.717) is 5.82 Å². The zero-order valence-corrected chi connectivity index (χ0v) is 8.67. The van der Waals surface area contributed by atoms with Crippen LogP contribution in [0.5, 0.6) is 0 Å². The SMILES string of the molecule is C=C(C)/C(=C(/N)NC)c1ccccc1. The summed E-state index contributed by atoms with van der Waals surface area (Å²) in [4.78, 5) is 0. The third kappa shape index (κ3) is 2.16. The molecule has 0 heterocycles. The van der Waals surface area contributed by atoms with Gasteiger partial charge in [-0.2, -0.15) is 0 Å². The molecule has 0 aromatic heterocycles. The van der Waals surface area contributed by atoms with Crippen LogP contribution in [-0.4, -0.2) is 7.05 Å². The second-order valence-corrected chi connectivity index (χ2v) is 3.19. The van der Waals surface area contributed by atoms with E-state index >= 15 is 0 Å². The van der Waals surface area contributed by atoms with Crippen LogP contribution in [0.1, 0.15) is 12.5 Å². The first kappa shape index (κ1) is 10.4. The maximum absolute atomic E-state index is 5.86. The number of nitrogens with two attached hydrogens (primary N) is 1. The molecule has 0 aliphatic carbocycles. The van der Waals surface area contributed by atoms with E-state index in [0.717, 1.165) is 16.7 Å². The summed E-state index contributed by atoms with van der Waals surface area (Å²) in [6, 6.07) is 10.00. The van der Waals surface area contributed by atoms with Crippen molar-refractivity contribution in [2.45, 2.75) is 6.92 Å². The molecule has 0 saturated heterocycles. The summed E-state index contributed by atoms with van der Waals surface area (Å²) >= 11 is 0. The van der Waals surface area contributed by atoms with Gasteiger partial charge in [0.1, 0.15) is 5.82 Å². The molecule has 14 heavy (non-hydrogen) atoms. The van der Waals surface area contributed by atoms with Gasteiger partial charge in [-0.05, 0) is 18.1 Å². The molecule has 1 aromatic rings. The second-order valence-electron chi connectivity index (χ2n) is 3.19. The van der Waals surface area contributed by atoms with Crippen molar-refractivity contribution in [3.63, 3.8) is 0 Å². The highest BCUT2D eigenvalue weighted by molar-refractivity contribution is 5.79. The molecule has 0 atom stereocenters. The highest BCUT2D eigenvalue weighted by Gasteiger charge is 2.05. The molecule has 0 aliphatic heterocycles. The van der Waals surface area contributed by atoms with Crippen LogP contribution in [0.25, 0.3) is 5.57 Å². The minimum atomic E-state index is 0.656. The zero-order valence-electron chi connectivity index (χ0n) is 8.67. The topological polar surface area (TPSA) is 38.0 Å². The van der Waals surface area contributed by atoms with Gasteiger partial charge in [-0.3, -0.25) is 0 Å². The van der Waals surface area contributed by atoms with Gasteiger partial charge >= 0.3 is 0 Å². The number of allylic oxidation sites excluding steroid dienone is 2. The average Bonchev–Trinajstić information content (AvgIpc) is 2.19. The highest BCUT2D eigenvalue weighted by atomic mass is 15.0. The molecule has 0 fully saturated rings. The van der Waals surface area contributed by atoms with E-state index < -0.39 is 0 Å². The summed E-state index contributed by atoms with van der Waals surface area (Å²) in [7, 11) is 1.81. The molecule has 0 amide bonds. The van der Waals surface area contributed by atoms with Gasteiger partial charge in [0.15, 0.2) is 0 Å². The van der Waals surface area contributed by atoms with Crippen molar-refractivity contribution in [2.75, 3.05) is 7.05 Å². The first-order chi connectivity index (χ1) is 6.66. The minimum Gasteiger partial charge on any atom is -0.385 e. The fourth-order valence-electron chi connectivity index (χ4n) is 1.36. The Balaban J connectivity index is 3.21. The van der Waals surface area contributed by atoms with Gasteiger partial charge in [0.05, 0.1) is 0 Å². The van der Waals surface area contributed by atoms with Gasteiger partial charge in [0.2, 0.25) is 0 Å². The van der Waals surface area contributed by atoms with Crippen molar-refractivity contribution in [3.05, 3.63) is 53.9 Å². The molecule has 0 bridgehead atoms. The molecule has 0 aliphatic rings. The largest absolute Gasteiger partial charge is 0.385 e. The van der Waals surface area contributed by atoms with Crippen LogP contribution in [0, 0.1) is 0 Å². The van der Waals surface area contributed by atoms with Crippen LogP contribution in [0.15, 0.2) is 48.3 Å². The van der Waals surface area contributed by atoms with E-state index in [-0.39, 0.29) is 0 Å². The van der Waals surface area contributed by atoms with Gasteiger partial charge in [-0.25, -0.2) is 0 Å². The Hall–Kier alpha value is -1.70. The first-order valence-corrected chi connectivity index (χ1v) is 4.55. The predicted molar refractivity (Wildman–Crippen MR) is 61.4 cm³/mol. The van der Waals surface area contributed by atoms with Gasteiger partial charge in [0, 0.05) is 12.6 Å². The molecule has 1 rings (SSSR count). The molecule has 2 nitrogen and oxygen atoms in total. The molecule has 0 spiro atoms. The lowest BCUT2D eigenvalue weighted by Crippen LogP contribution is -2.17. The van der Waals surface area contributed by atoms with E-state index in [4.69, 9.17) is 5.73 Å². The number of hydrogen-bond donors (Lipinski definition) is 2. The number of nitrogens with one attached hydrogen (secondary N) is 1. The lowest BCUT2D eigenvalue weighted by Gasteiger charge is -2.11. The van der Waals surface area contributed by atoms with Crippen LogP contribution in [0.4, 0.5) is 0 Å². The van der Waals surface area contributed by atoms with Crippen molar-refractivity contribution in [3.8, 4) is 0 Å². The monoisotopic (exact) mass is 188 g/mol. The molecule has 0 unspecified atom stereocenters. The van der Waals surface area contributed by atoms with E-state index in [1.165, 1.54) is 0 Å². The fraction of sp³-hybridized carbons (Fsp3) is 0.167. The van der Waals surface area contributed by atoms with Gasteiger partial charge < -0.3 is 11.1 Å². The standard InChI is InChI=1S/C12H16N2/c1-9(2)11(12(13)14-3)10-7-5-4-6-8-10/h4-8,14H,1,13H2,2-3H3/b12-11+. The molecule has 1 aromatic carbocycles. The Labute approximate surface area is 85.1 Å². The molecular weight excluding hydrogens is 172 g/mol. The fourth-order valence-corrected chi connectivity index (χ4v) is 1.36. The van der Waals surface area contributed by atoms with Gasteiger partial charge in [-0.1, -0.05) is 36.9 Å². The highest BCUT2D eigenvalue weighted by Crippen LogP contribution is 2.21. The summed E-state index contributed by atoms with van der Waals surface area (Å²) in [6.07, 6.45) is 0. The summed E-state index contributed by atoms with van der Waals surface area (Å²) in [5.41, 5.74) is 8.89. The summed E-state index contributed by atoms with van der Waals surface area (Å²) < 4.78 is 0. The third-order valence-corrected chi connectivity index (χ3v) is 2.03. The smallest absolute Gasteiger partial charge is 0.104 e. The van der Waals surface area contributed by atoms with E-state index in [2.05, 4.69) is 11.9 Å². The summed E-state index contributed by atoms with van der Waals surface area (Å²) in [6.45, 7) is 5.87. The third-order valence-electron chi connectivity index (χ3n) is 2.03. The molecule has 74 valence electrons. The van der Waals surface area contributed by atoms with Crippen molar-refractivity contribution in [1.29, 1.82) is 0 Å². The average molecular weight is 188 g/mol. The van der Waals surface area contributed by atoms with Crippen LogP contribution in [-0.2, 0) is 0 Å². The molecule has 2 heteroatoms. The lowest BCUT2D eigenvalue weighted by atomic mass is 10.0. The van der Waals surface area contributed by atoms with Crippen LogP contribution >= 0.6 is 0 Å². The van der Waals surface area contributed by atoms with E-state index in [1.54, 1.807) is 7.05 Å². The molecule has 0 radical (unpaired) electrons. The van der Waals surface area contributed by atoms with Gasteiger partial charge in [-0.15, -0.1) is 0 Å². The zero-order chi connectivity index (χ0) is 10.6. The van der Waals surface area contributed by atoms with E-state index in [9.17, 15) is 0 Å².